The van der Waals surface area contributed by atoms with Gasteiger partial charge in [-0.3, -0.25) is 0 Å². The summed E-state index contributed by atoms with van der Waals surface area (Å²) in [5, 5.41) is 21.5. The minimum Gasteiger partial charge on any atom is -0.501 e. The first-order valence-electron chi connectivity index (χ1n) is 7.46. The highest BCUT2D eigenvalue weighted by molar-refractivity contribution is 4.65. The number of hydrogen-bond donors (Lipinski definition) is 4. The molecule has 0 amide bonds. The second-order valence-electron chi connectivity index (χ2n) is 4.81. The minimum atomic E-state index is -0.615. The summed E-state index contributed by atoms with van der Waals surface area (Å²) in [6.45, 7) is 14.6. The summed E-state index contributed by atoms with van der Waals surface area (Å²) in [5.74, 6) is 0.438. The van der Waals surface area contributed by atoms with Crippen LogP contribution in [0.1, 0.15) is 6.92 Å². The van der Waals surface area contributed by atoms with Gasteiger partial charge < -0.3 is 35.5 Å². The van der Waals surface area contributed by atoms with Crippen molar-refractivity contribution in [3.63, 3.8) is 0 Å². The van der Waals surface area contributed by atoms with Crippen molar-refractivity contribution in [2.24, 2.45) is 11.7 Å². The summed E-state index contributed by atoms with van der Waals surface area (Å²) in [6, 6.07) is 0. The molecule has 0 fully saturated rings. The number of nitrogens with one attached hydrogen (secondary N) is 1. The zero-order valence-electron chi connectivity index (χ0n) is 14.0. The van der Waals surface area contributed by atoms with E-state index in [0.717, 1.165) is 0 Å². The van der Waals surface area contributed by atoms with Gasteiger partial charge in [-0.25, -0.2) is 0 Å². The number of ether oxygens (including phenoxy) is 3. The van der Waals surface area contributed by atoms with Crippen molar-refractivity contribution in [1.29, 1.82) is 0 Å². The molecule has 0 aromatic rings. The minimum absolute atomic E-state index is 0.190. The second kappa shape index (κ2) is 18.5. The molecule has 0 aliphatic rings. The molecule has 0 aromatic carbocycles. The van der Waals surface area contributed by atoms with Gasteiger partial charge in [-0.1, -0.05) is 26.7 Å². The molecule has 0 heterocycles. The van der Waals surface area contributed by atoms with Crippen LogP contribution in [0.5, 0.6) is 0 Å². The molecule has 3 unspecified atom stereocenters. The van der Waals surface area contributed by atoms with E-state index in [9.17, 15) is 10.2 Å². The Labute approximate surface area is 139 Å². The van der Waals surface area contributed by atoms with E-state index in [0.29, 0.717) is 32.2 Å². The summed E-state index contributed by atoms with van der Waals surface area (Å²) < 4.78 is 14.5. The first kappa shape index (κ1) is 23.7. The lowest BCUT2D eigenvalue weighted by atomic mass is 10.2. The molecule has 0 bridgehead atoms. The normalized spacial score (nSPS) is 13.6. The largest absolute Gasteiger partial charge is 0.501 e. The second-order valence-corrected chi connectivity index (χ2v) is 4.81. The van der Waals surface area contributed by atoms with Crippen molar-refractivity contribution in [3.8, 4) is 0 Å². The van der Waals surface area contributed by atoms with Gasteiger partial charge in [0.2, 0.25) is 0 Å². The lowest BCUT2D eigenvalue weighted by Gasteiger charge is -2.14. The molecule has 0 aliphatic carbocycles. The van der Waals surface area contributed by atoms with E-state index in [-0.39, 0.29) is 13.2 Å². The number of nitrogens with two attached hydrogens (primary N) is 1. The number of aliphatic hydroxyl groups excluding tert-OH is 2. The van der Waals surface area contributed by atoms with Crippen LogP contribution in [-0.4, -0.2) is 61.9 Å². The summed E-state index contributed by atoms with van der Waals surface area (Å²) in [5.41, 5.74) is 5.30. The van der Waals surface area contributed by atoms with E-state index in [1.807, 2.05) is 6.92 Å². The average Bonchev–Trinajstić information content (AvgIpc) is 2.56. The Hall–Kier alpha value is -1.54. The zero-order chi connectivity index (χ0) is 17.9. The van der Waals surface area contributed by atoms with Gasteiger partial charge in [0, 0.05) is 19.0 Å². The smallest absolute Gasteiger partial charge is 0.114 e. The lowest BCUT2D eigenvalue weighted by Crippen LogP contribution is -2.36. The van der Waals surface area contributed by atoms with Gasteiger partial charge >= 0.3 is 0 Å². The fourth-order valence-corrected chi connectivity index (χ4v) is 1.19. The molecule has 0 aliphatic heterocycles. The lowest BCUT2D eigenvalue weighted by molar-refractivity contribution is 0.0658. The van der Waals surface area contributed by atoms with E-state index in [2.05, 4.69) is 25.1 Å². The summed E-state index contributed by atoms with van der Waals surface area (Å²) in [6.07, 6.45) is 2.75. The molecule has 0 saturated heterocycles. The maximum absolute atomic E-state index is 9.30. The highest BCUT2D eigenvalue weighted by Gasteiger charge is 2.06. The maximum Gasteiger partial charge on any atom is 0.114 e. The molecule has 0 radical (unpaired) electrons. The molecule has 0 rings (SSSR count). The van der Waals surface area contributed by atoms with Gasteiger partial charge in [0.15, 0.2) is 0 Å². The van der Waals surface area contributed by atoms with Crippen molar-refractivity contribution in [1.82, 2.24) is 5.32 Å². The predicted octanol–water partition coefficient (Wildman–Crippen LogP) is 0.359. The Bertz CT molecular complexity index is 272. The van der Waals surface area contributed by atoms with Crippen molar-refractivity contribution < 1.29 is 24.4 Å². The number of aliphatic hydroxyl groups is 2. The highest BCUT2D eigenvalue weighted by Crippen LogP contribution is 1.90. The van der Waals surface area contributed by atoms with Crippen LogP contribution in [0, 0.1) is 5.92 Å². The van der Waals surface area contributed by atoms with Crippen molar-refractivity contribution in [2.45, 2.75) is 19.1 Å². The maximum atomic E-state index is 9.30. The van der Waals surface area contributed by atoms with E-state index in [4.69, 9.17) is 19.9 Å². The van der Waals surface area contributed by atoms with Crippen LogP contribution in [0.2, 0.25) is 0 Å². The van der Waals surface area contributed by atoms with Crippen LogP contribution >= 0.6 is 0 Å². The summed E-state index contributed by atoms with van der Waals surface area (Å²) in [7, 11) is 0. The van der Waals surface area contributed by atoms with Crippen LogP contribution in [0.3, 0.4) is 0 Å². The Morgan fingerprint density at radius 3 is 1.65 bits per heavy atom. The van der Waals surface area contributed by atoms with E-state index in [1.165, 1.54) is 18.8 Å². The Kier molecular flexibility index (Phi) is 19.1. The van der Waals surface area contributed by atoms with Crippen LogP contribution in [0.15, 0.2) is 38.5 Å². The zero-order valence-corrected chi connectivity index (χ0v) is 14.0. The van der Waals surface area contributed by atoms with Crippen molar-refractivity contribution in [2.75, 3.05) is 39.5 Å². The number of rotatable bonds is 14. The standard InChI is InChI=1S/C10H19NO4.C6H13NO/c1-3-14-7-9(12)5-11-6-10(13)8-15-4-2;1-3-8-5-6(2)4-7/h3-4,9-13H,1-2,5-8H2;3,6H,1,4-5,7H2,2H3. The van der Waals surface area contributed by atoms with Gasteiger partial charge in [0.25, 0.3) is 0 Å². The molecule has 0 saturated carbocycles. The fraction of sp³-hybridized carbons (Fsp3) is 0.625. The Balaban J connectivity index is 0. The van der Waals surface area contributed by atoms with Gasteiger partial charge in [0.1, 0.15) is 25.4 Å². The third kappa shape index (κ3) is 20.5. The van der Waals surface area contributed by atoms with E-state index < -0.39 is 12.2 Å². The first-order chi connectivity index (χ1) is 11.0. The fourth-order valence-electron chi connectivity index (χ4n) is 1.19. The molecular weight excluding hydrogens is 300 g/mol. The highest BCUT2D eigenvalue weighted by atomic mass is 16.5. The van der Waals surface area contributed by atoms with E-state index >= 15 is 0 Å². The topological polar surface area (TPSA) is 106 Å². The first-order valence-corrected chi connectivity index (χ1v) is 7.46. The van der Waals surface area contributed by atoms with Crippen molar-refractivity contribution in [3.05, 3.63) is 38.5 Å². The van der Waals surface area contributed by atoms with Crippen molar-refractivity contribution >= 4 is 0 Å². The van der Waals surface area contributed by atoms with Gasteiger partial charge in [-0.15, -0.1) is 0 Å². The van der Waals surface area contributed by atoms with Gasteiger partial charge in [-0.05, 0) is 6.54 Å². The quantitative estimate of drug-likeness (QED) is 0.340. The molecule has 5 N–H and O–H groups in total. The molecule has 23 heavy (non-hydrogen) atoms. The Morgan fingerprint density at radius 2 is 1.30 bits per heavy atom. The molecular formula is C16H32N2O5. The molecule has 136 valence electrons. The molecule has 7 nitrogen and oxygen atoms in total. The van der Waals surface area contributed by atoms with Crippen LogP contribution < -0.4 is 11.1 Å². The molecule has 0 spiro atoms. The average molecular weight is 332 g/mol. The summed E-state index contributed by atoms with van der Waals surface area (Å²) in [4.78, 5) is 0. The third-order valence-electron chi connectivity index (χ3n) is 2.47. The molecule has 0 aromatic heterocycles. The van der Waals surface area contributed by atoms with E-state index in [1.54, 1.807) is 0 Å². The van der Waals surface area contributed by atoms with Crippen LogP contribution in [0.25, 0.3) is 0 Å². The van der Waals surface area contributed by atoms with Gasteiger partial charge in [-0.2, -0.15) is 0 Å². The third-order valence-corrected chi connectivity index (χ3v) is 2.47. The Morgan fingerprint density at radius 1 is 0.913 bits per heavy atom. The predicted molar refractivity (Wildman–Crippen MR) is 91.5 cm³/mol. The van der Waals surface area contributed by atoms with Crippen LogP contribution in [0.4, 0.5) is 0 Å². The SMILES string of the molecule is C=COCC(C)CN.C=COCC(O)CNCC(O)COC=C. The van der Waals surface area contributed by atoms with Crippen LogP contribution in [-0.2, 0) is 14.2 Å². The molecule has 7 heteroatoms. The van der Waals surface area contributed by atoms with Gasteiger partial charge in [0.05, 0.1) is 25.4 Å². The monoisotopic (exact) mass is 332 g/mol. The number of hydrogen-bond acceptors (Lipinski definition) is 7. The summed E-state index contributed by atoms with van der Waals surface area (Å²) >= 11 is 0. The molecule has 3 atom stereocenters.